The molecule has 16 heavy (non-hydrogen) atoms. The smallest absolute Gasteiger partial charge is 0.0638 e. The van der Waals surface area contributed by atoms with Crippen molar-refractivity contribution >= 4 is 0 Å². The first-order valence-corrected chi connectivity index (χ1v) is 6.05. The van der Waals surface area contributed by atoms with E-state index in [1.54, 1.807) is 0 Å². The van der Waals surface area contributed by atoms with Gasteiger partial charge in [0.2, 0.25) is 0 Å². The van der Waals surface area contributed by atoms with Gasteiger partial charge in [-0.1, -0.05) is 0 Å². The van der Waals surface area contributed by atoms with Crippen LogP contribution in [0.4, 0.5) is 0 Å². The molecule has 1 aliphatic carbocycles. The van der Waals surface area contributed by atoms with Crippen molar-refractivity contribution in [2.75, 3.05) is 0 Å². The molecule has 1 aromatic rings. The average molecular weight is 223 g/mol. The van der Waals surface area contributed by atoms with Crippen LogP contribution in [0.2, 0.25) is 0 Å². The van der Waals surface area contributed by atoms with Crippen molar-refractivity contribution in [1.82, 2.24) is 15.1 Å². The van der Waals surface area contributed by atoms with Crippen LogP contribution in [-0.2, 0) is 13.6 Å². The highest BCUT2D eigenvalue weighted by Gasteiger charge is 2.18. The number of hydrogen-bond acceptors (Lipinski definition) is 3. The number of hydrogen-bond donors (Lipinski definition) is 2. The second-order valence-corrected chi connectivity index (χ2v) is 4.80. The maximum atomic E-state index is 9.42. The zero-order chi connectivity index (χ0) is 11.5. The summed E-state index contributed by atoms with van der Waals surface area (Å²) in [6.45, 7) is 2.93. The fraction of sp³-hybridized carbons (Fsp3) is 0.750. The molecule has 2 rings (SSSR count). The summed E-state index contributed by atoms with van der Waals surface area (Å²) in [7, 11) is 1.95. The lowest BCUT2D eigenvalue weighted by atomic mass is 9.93. The van der Waals surface area contributed by atoms with Crippen molar-refractivity contribution in [1.29, 1.82) is 0 Å². The number of aliphatic hydroxyl groups is 1. The average Bonchev–Trinajstić information content (AvgIpc) is 2.57. The van der Waals surface area contributed by atoms with Crippen molar-refractivity contribution in [2.45, 2.75) is 51.3 Å². The minimum atomic E-state index is -0.0711. The number of aromatic nitrogens is 2. The second kappa shape index (κ2) is 4.97. The number of rotatable bonds is 3. The van der Waals surface area contributed by atoms with Crippen LogP contribution in [0, 0.1) is 6.92 Å². The van der Waals surface area contributed by atoms with E-state index >= 15 is 0 Å². The van der Waals surface area contributed by atoms with Gasteiger partial charge in [0.05, 0.1) is 11.8 Å². The van der Waals surface area contributed by atoms with Crippen LogP contribution in [-0.4, -0.2) is 27.0 Å². The predicted molar refractivity (Wildman–Crippen MR) is 63.0 cm³/mol. The Labute approximate surface area is 96.7 Å². The molecule has 0 saturated heterocycles. The van der Waals surface area contributed by atoms with E-state index in [2.05, 4.69) is 16.6 Å². The van der Waals surface area contributed by atoms with Gasteiger partial charge in [-0.2, -0.15) is 5.10 Å². The van der Waals surface area contributed by atoms with Gasteiger partial charge in [0.1, 0.15) is 0 Å². The standard InChI is InChI=1S/C12H21N3O/c1-9-10(8-15(2)14-9)7-13-11-3-5-12(16)6-4-11/h8,11-13,16H,3-7H2,1-2H3. The molecular weight excluding hydrogens is 202 g/mol. The Balaban J connectivity index is 1.81. The van der Waals surface area contributed by atoms with E-state index in [-0.39, 0.29) is 6.10 Å². The molecule has 0 radical (unpaired) electrons. The minimum absolute atomic E-state index is 0.0711. The fourth-order valence-electron chi connectivity index (χ4n) is 2.36. The van der Waals surface area contributed by atoms with Gasteiger partial charge in [0.25, 0.3) is 0 Å². The molecule has 1 saturated carbocycles. The molecule has 1 aliphatic rings. The van der Waals surface area contributed by atoms with Gasteiger partial charge in [-0.05, 0) is 32.6 Å². The molecule has 0 amide bonds. The summed E-state index contributed by atoms with van der Waals surface area (Å²) in [5, 5.41) is 17.3. The quantitative estimate of drug-likeness (QED) is 0.807. The largest absolute Gasteiger partial charge is 0.393 e. The third kappa shape index (κ3) is 2.83. The Hall–Kier alpha value is -0.870. The third-order valence-corrected chi connectivity index (χ3v) is 3.39. The molecule has 0 bridgehead atoms. The van der Waals surface area contributed by atoms with Gasteiger partial charge in [0.15, 0.2) is 0 Å². The molecule has 1 heterocycles. The second-order valence-electron chi connectivity index (χ2n) is 4.80. The van der Waals surface area contributed by atoms with Crippen LogP contribution in [0.5, 0.6) is 0 Å². The summed E-state index contributed by atoms with van der Waals surface area (Å²) < 4.78 is 1.86. The molecule has 0 aromatic carbocycles. The van der Waals surface area contributed by atoms with E-state index in [0.29, 0.717) is 6.04 Å². The van der Waals surface area contributed by atoms with E-state index in [0.717, 1.165) is 37.9 Å². The maximum absolute atomic E-state index is 9.42. The topological polar surface area (TPSA) is 50.1 Å². The maximum Gasteiger partial charge on any atom is 0.0638 e. The Morgan fingerprint density at radius 3 is 2.69 bits per heavy atom. The molecule has 4 nitrogen and oxygen atoms in total. The van der Waals surface area contributed by atoms with Crippen LogP contribution >= 0.6 is 0 Å². The summed E-state index contributed by atoms with van der Waals surface area (Å²) in [4.78, 5) is 0. The van der Waals surface area contributed by atoms with E-state index in [4.69, 9.17) is 0 Å². The van der Waals surface area contributed by atoms with Crippen molar-refractivity contribution in [3.8, 4) is 0 Å². The summed E-state index contributed by atoms with van der Waals surface area (Å²) in [5.41, 5.74) is 2.37. The van der Waals surface area contributed by atoms with Crippen molar-refractivity contribution < 1.29 is 5.11 Å². The highest BCUT2D eigenvalue weighted by molar-refractivity contribution is 5.14. The van der Waals surface area contributed by atoms with Crippen LogP contribution in [0.25, 0.3) is 0 Å². The SMILES string of the molecule is Cc1nn(C)cc1CNC1CCC(O)CC1. The molecule has 1 aromatic heterocycles. The molecule has 0 atom stereocenters. The van der Waals surface area contributed by atoms with Crippen LogP contribution in [0.3, 0.4) is 0 Å². The minimum Gasteiger partial charge on any atom is -0.393 e. The number of nitrogens with zero attached hydrogens (tertiary/aromatic N) is 2. The van der Waals surface area contributed by atoms with E-state index in [1.165, 1.54) is 5.56 Å². The first-order chi connectivity index (χ1) is 7.65. The Morgan fingerprint density at radius 2 is 2.12 bits per heavy atom. The molecule has 2 N–H and O–H groups in total. The number of aryl methyl sites for hydroxylation is 2. The zero-order valence-electron chi connectivity index (χ0n) is 10.1. The summed E-state index contributed by atoms with van der Waals surface area (Å²) in [6, 6.07) is 0.558. The zero-order valence-corrected chi connectivity index (χ0v) is 10.1. The van der Waals surface area contributed by atoms with Crippen LogP contribution in [0.1, 0.15) is 36.9 Å². The van der Waals surface area contributed by atoms with Crippen LogP contribution in [0.15, 0.2) is 6.20 Å². The van der Waals surface area contributed by atoms with E-state index in [9.17, 15) is 5.11 Å². The molecule has 1 fully saturated rings. The predicted octanol–water partition coefficient (Wildman–Crippen LogP) is 1.12. The monoisotopic (exact) mass is 223 g/mol. The Bertz CT molecular complexity index is 340. The van der Waals surface area contributed by atoms with Gasteiger partial charge in [-0.3, -0.25) is 4.68 Å². The van der Waals surface area contributed by atoms with E-state index < -0.39 is 0 Å². The molecule has 90 valence electrons. The molecule has 0 aliphatic heterocycles. The Kier molecular flexibility index (Phi) is 3.61. The summed E-state index contributed by atoms with van der Waals surface area (Å²) in [6.07, 6.45) is 6.03. The normalized spacial score (nSPS) is 25.9. The third-order valence-electron chi connectivity index (χ3n) is 3.39. The van der Waals surface area contributed by atoms with Crippen molar-refractivity contribution in [3.05, 3.63) is 17.5 Å². The fourth-order valence-corrected chi connectivity index (χ4v) is 2.36. The lowest BCUT2D eigenvalue weighted by molar-refractivity contribution is 0.116. The van der Waals surface area contributed by atoms with Crippen molar-refractivity contribution in [2.24, 2.45) is 7.05 Å². The van der Waals surface area contributed by atoms with Gasteiger partial charge < -0.3 is 10.4 Å². The van der Waals surface area contributed by atoms with Gasteiger partial charge in [-0.15, -0.1) is 0 Å². The molecular formula is C12H21N3O. The molecule has 0 spiro atoms. The first kappa shape index (κ1) is 11.6. The van der Waals surface area contributed by atoms with Crippen molar-refractivity contribution in [3.63, 3.8) is 0 Å². The van der Waals surface area contributed by atoms with Gasteiger partial charge in [-0.25, -0.2) is 0 Å². The summed E-state index contributed by atoms with van der Waals surface area (Å²) >= 11 is 0. The highest BCUT2D eigenvalue weighted by atomic mass is 16.3. The molecule has 0 unspecified atom stereocenters. The highest BCUT2D eigenvalue weighted by Crippen LogP contribution is 2.18. The number of aliphatic hydroxyl groups excluding tert-OH is 1. The number of nitrogens with one attached hydrogen (secondary N) is 1. The molecule has 4 heteroatoms. The lowest BCUT2D eigenvalue weighted by Crippen LogP contribution is -2.34. The summed E-state index contributed by atoms with van der Waals surface area (Å²) in [5.74, 6) is 0. The lowest BCUT2D eigenvalue weighted by Gasteiger charge is -2.26. The Morgan fingerprint density at radius 1 is 1.44 bits per heavy atom. The van der Waals surface area contributed by atoms with Gasteiger partial charge >= 0.3 is 0 Å². The van der Waals surface area contributed by atoms with Crippen LogP contribution < -0.4 is 5.32 Å². The van der Waals surface area contributed by atoms with Gasteiger partial charge in [0, 0.05) is 31.4 Å². The first-order valence-electron chi connectivity index (χ1n) is 6.05. The van der Waals surface area contributed by atoms with E-state index in [1.807, 2.05) is 18.7 Å².